The summed E-state index contributed by atoms with van der Waals surface area (Å²) in [7, 11) is 0. The molecule has 0 saturated heterocycles. The van der Waals surface area contributed by atoms with Crippen molar-refractivity contribution in [1.82, 2.24) is 19.7 Å². The topological polar surface area (TPSA) is 59.3 Å². The standard InChI is InChI=1S/C20H21FN4O/c1-11(14-4-5-14)24-20(26)18-19-23-12(2)17(13(3)25(19)10-22-18)15-6-8-16(21)9-7-15/h6-11,14H,4-5H2,1-3H3,(H,24,26). The molecule has 1 amide bonds. The fourth-order valence-corrected chi connectivity index (χ4v) is 3.47. The van der Waals surface area contributed by atoms with Gasteiger partial charge in [-0.25, -0.2) is 14.4 Å². The van der Waals surface area contributed by atoms with Gasteiger partial charge in [0.1, 0.15) is 12.1 Å². The molecule has 0 bridgehead atoms. The maximum Gasteiger partial charge on any atom is 0.274 e. The van der Waals surface area contributed by atoms with Crippen molar-refractivity contribution in [3.63, 3.8) is 0 Å². The maximum absolute atomic E-state index is 13.2. The van der Waals surface area contributed by atoms with Crippen LogP contribution < -0.4 is 5.32 Å². The Morgan fingerprint density at radius 2 is 1.96 bits per heavy atom. The van der Waals surface area contributed by atoms with Crippen LogP contribution in [0.25, 0.3) is 16.8 Å². The predicted octanol–water partition coefficient (Wildman–Crippen LogP) is 3.68. The van der Waals surface area contributed by atoms with Crippen molar-refractivity contribution >= 4 is 11.6 Å². The number of nitrogens with one attached hydrogen (secondary N) is 1. The fraction of sp³-hybridized carbons (Fsp3) is 0.350. The van der Waals surface area contributed by atoms with Crippen molar-refractivity contribution < 1.29 is 9.18 Å². The molecule has 134 valence electrons. The van der Waals surface area contributed by atoms with E-state index in [1.807, 2.05) is 25.2 Å². The third-order valence-electron chi connectivity index (χ3n) is 5.14. The molecule has 3 aromatic rings. The van der Waals surface area contributed by atoms with E-state index in [4.69, 9.17) is 0 Å². The number of nitrogens with zero attached hydrogens (tertiary/aromatic N) is 3. The molecule has 6 heteroatoms. The number of rotatable bonds is 4. The van der Waals surface area contributed by atoms with Gasteiger partial charge < -0.3 is 5.32 Å². The number of amides is 1. The highest BCUT2D eigenvalue weighted by molar-refractivity contribution is 5.98. The van der Waals surface area contributed by atoms with E-state index >= 15 is 0 Å². The van der Waals surface area contributed by atoms with Gasteiger partial charge in [0, 0.05) is 23.0 Å². The Hall–Kier alpha value is -2.76. The maximum atomic E-state index is 13.2. The van der Waals surface area contributed by atoms with E-state index in [2.05, 4.69) is 15.3 Å². The number of carbonyl (C=O) groups is 1. The Morgan fingerprint density at radius 3 is 2.62 bits per heavy atom. The SMILES string of the molecule is Cc1nc2c(C(=O)NC(C)C3CC3)ncn2c(C)c1-c1ccc(F)cc1. The van der Waals surface area contributed by atoms with Crippen LogP contribution in [0, 0.1) is 25.6 Å². The average Bonchev–Trinajstić information content (AvgIpc) is 3.37. The first kappa shape index (κ1) is 16.7. The number of halogens is 1. The van der Waals surface area contributed by atoms with Crippen molar-refractivity contribution in [2.45, 2.75) is 39.7 Å². The molecule has 4 rings (SSSR count). The van der Waals surface area contributed by atoms with E-state index in [1.165, 1.54) is 25.0 Å². The molecule has 1 aliphatic carbocycles. The van der Waals surface area contributed by atoms with Gasteiger partial charge in [-0.15, -0.1) is 0 Å². The Balaban J connectivity index is 1.75. The number of aryl methyl sites for hydroxylation is 2. The largest absolute Gasteiger partial charge is 0.348 e. The second-order valence-electron chi connectivity index (χ2n) is 7.05. The van der Waals surface area contributed by atoms with Crippen LogP contribution in [0.1, 0.15) is 41.6 Å². The van der Waals surface area contributed by atoms with E-state index < -0.39 is 0 Å². The zero-order valence-electron chi connectivity index (χ0n) is 15.1. The molecular formula is C20H21FN4O. The monoisotopic (exact) mass is 352 g/mol. The molecule has 0 radical (unpaired) electrons. The molecule has 1 fully saturated rings. The lowest BCUT2D eigenvalue weighted by Gasteiger charge is -2.13. The van der Waals surface area contributed by atoms with Crippen molar-refractivity contribution in [3.05, 3.63) is 53.5 Å². The van der Waals surface area contributed by atoms with E-state index in [9.17, 15) is 9.18 Å². The number of imidazole rings is 1. The number of hydrogen-bond acceptors (Lipinski definition) is 3. The van der Waals surface area contributed by atoms with Gasteiger partial charge in [-0.2, -0.15) is 0 Å². The molecule has 2 aromatic heterocycles. The van der Waals surface area contributed by atoms with Crippen LogP contribution in [0.3, 0.4) is 0 Å². The second-order valence-corrected chi connectivity index (χ2v) is 7.05. The second kappa shape index (κ2) is 6.20. The van der Waals surface area contributed by atoms with Crippen LogP contribution >= 0.6 is 0 Å². The normalized spacial score (nSPS) is 15.2. The number of carbonyl (C=O) groups excluding carboxylic acids is 1. The predicted molar refractivity (Wildman–Crippen MR) is 97.5 cm³/mol. The van der Waals surface area contributed by atoms with E-state index in [0.29, 0.717) is 17.3 Å². The molecule has 1 aromatic carbocycles. The Labute approximate surface area is 151 Å². The van der Waals surface area contributed by atoms with Crippen molar-refractivity contribution in [1.29, 1.82) is 0 Å². The first-order chi connectivity index (χ1) is 12.5. The molecule has 0 spiro atoms. The molecular weight excluding hydrogens is 331 g/mol. The van der Waals surface area contributed by atoms with Gasteiger partial charge in [-0.3, -0.25) is 9.20 Å². The zero-order chi connectivity index (χ0) is 18.4. The molecule has 1 atom stereocenters. The quantitative estimate of drug-likeness (QED) is 0.779. The van der Waals surface area contributed by atoms with Crippen LogP contribution in [0.4, 0.5) is 4.39 Å². The minimum atomic E-state index is -0.274. The molecule has 1 N–H and O–H groups in total. The van der Waals surface area contributed by atoms with Gasteiger partial charge in [-0.1, -0.05) is 12.1 Å². The van der Waals surface area contributed by atoms with Crippen molar-refractivity contribution in [2.75, 3.05) is 0 Å². The van der Waals surface area contributed by atoms with Gasteiger partial charge in [0.05, 0.1) is 0 Å². The molecule has 5 nitrogen and oxygen atoms in total. The first-order valence-electron chi connectivity index (χ1n) is 8.86. The van der Waals surface area contributed by atoms with E-state index in [-0.39, 0.29) is 17.8 Å². The minimum absolute atomic E-state index is 0.153. The fourth-order valence-electron chi connectivity index (χ4n) is 3.47. The van der Waals surface area contributed by atoms with Crippen LogP contribution in [0.2, 0.25) is 0 Å². The van der Waals surface area contributed by atoms with Crippen LogP contribution in [0.5, 0.6) is 0 Å². The van der Waals surface area contributed by atoms with Gasteiger partial charge in [0.25, 0.3) is 5.91 Å². The highest BCUT2D eigenvalue weighted by Crippen LogP contribution is 2.32. The molecule has 1 saturated carbocycles. The molecule has 1 aliphatic rings. The van der Waals surface area contributed by atoms with Crippen LogP contribution in [0.15, 0.2) is 30.6 Å². The summed E-state index contributed by atoms with van der Waals surface area (Å²) in [6, 6.07) is 6.49. The van der Waals surface area contributed by atoms with Crippen molar-refractivity contribution in [3.8, 4) is 11.1 Å². The molecule has 26 heavy (non-hydrogen) atoms. The number of benzene rings is 1. The van der Waals surface area contributed by atoms with Crippen LogP contribution in [-0.2, 0) is 0 Å². The summed E-state index contributed by atoms with van der Waals surface area (Å²) in [6.45, 7) is 5.88. The summed E-state index contributed by atoms with van der Waals surface area (Å²) in [5.41, 5.74) is 4.40. The average molecular weight is 352 g/mol. The highest BCUT2D eigenvalue weighted by atomic mass is 19.1. The molecule has 0 aliphatic heterocycles. The summed E-state index contributed by atoms with van der Waals surface area (Å²) in [5, 5.41) is 3.03. The number of hydrogen-bond donors (Lipinski definition) is 1. The highest BCUT2D eigenvalue weighted by Gasteiger charge is 2.30. The van der Waals surface area contributed by atoms with Gasteiger partial charge in [0.15, 0.2) is 11.3 Å². The van der Waals surface area contributed by atoms with Gasteiger partial charge in [0.2, 0.25) is 0 Å². The summed E-state index contributed by atoms with van der Waals surface area (Å²) >= 11 is 0. The third-order valence-corrected chi connectivity index (χ3v) is 5.14. The molecule has 1 unspecified atom stereocenters. The summed E-state index contributed by atoms with van der Waals surface area (Å²) in [5.74, 6) is 0.117. The van der Waals surface area contributed by atoms with Gasteiger partial charge >= 0.3 is 0 Å². The van der Waals surface area contributed by atoms with E-state index in [1.54, 1.807) is 18.5 Å². The van der Waals surface area contributed by atoms with Crippen molar-refractivity contribution in [2.24, 2.45) is 5.92 Å². The summed E-state index contributed by atoms with van der Waals surface area (Å²) in [4.78, 5) is 21.5. The van der Waals surface area contributed by atoms with E-state index in [0.717, 1.165) is 22.5 Å². The Morgan fingerprint density at radius 1 is 1.27 bits per heavy atom. The lowest BCUT2D eigenvalue weighted by Crippen LogP contribution is -2.34. The van der Waals surface area contributed by atoms with Crippen LogP contribution in [-0.4, -0.2) is 26.3 Å². The third kappa shape index (κ3) is 2.85. The zero-order valence-corrected chi connectivity index (χ0v) is 15.1. The lowest BCUT2D eigenvalue weighted by molar-refractivity contribution is 0.0933. The van der Waals surface area contributed by atoms with Gasteiger partial charge in [-0.05, 0) is 57.2 Å². The summed E-state index contributed by atoms with van der Waals surface area (Å²) in [6.07, 6.45) is 3.96. The minimum Gasteiger partial charge on any atom is -0.348 e. The lowest BCUT2D eigenvalue weighted by atomic mass is 10.0. The Bertz CT molecular complexity index is 989. The summed E-state index contributed by atoms with van der Waals surface area (Å²) < 4.78 is 15.1. The number of aromatic nitrogens is 3. The molecule has 2 heterocycles. The smallest absolute Gasteiger partial charge is 0.274 e. The first-order valence-corrected chi connectivity index (χ1v) is 8.86. The number of fused-ring (bicyclic) bond motifs is 1. The Kier molecular flexibility index (Phi) is 3.98.